The zero-order chi connectivity index (χ0) is 20.9. The molecular formula is C25H25N3O2. The zero-order valence-electron chi connectivity index (χ0n) is 17.3. The summed E-state index contributed by atoms with van der Waals surface area (Å²) < 4.78 is 7.18. The average molecular weight is 399 g/mol. The van der Waals surface area contributed by atoms with Crippen LogP contribution in [0.4, 0.5) is 0 Å². The van der Waals surface area contributed by atoms with Crippen LogP contribution >= 0.6 is 0 Å². The lowest BCUT2D eigenvalue weighted by atomic mass is 9.98. The van der Waals surface area contributed by atoms with E-state index in [0.717, 1.165) is 53.8 Å². The van der Waals surface area contributed by atoms with Crippen LogP contribution in [0.25, 0.3) is 22.2 Å². The van der Waals surface area contributed by atoms with Crippen molar-refractivity contribution < 1.29 is 9.53 Å². The minimum absolute atomic E-state index is 0.326. The van der Waals surface area contributed by atoms with Crippen LogP contribution in [0, 0.1) is 0 Å². The molecule has 2 aromatic heterocycles. The van der Waals surface area contributed by atoms with Gasteiger partial charge >= 0.3 is 5.97 Å². The van der Waals surface area contributed by atoms with E-state index in [-0.39, 0.29) is 5.97 Å². The fourth-order valence-electron chi connectivity index (χ4n) is 3.72. The van der Waals surface area contributed by atoms with Crippen LogP contribution in [0.3, 0.4) is 0 Å². The number of esters is 1. The number of carbonyl (C=O) groups is 1. The Morgan fingerprint density at radius 3 is 2.63 bits per heavy atom. The van der Waals surface area contributed by atoms with Crippen molar-refractivity contribution in [3.63, 3.8) is 0 Å². The highest BCUT2D eigenvalue weighted by Crippen LogP contribution is 2.26. The highest BCUT2D eigenvalue weighted by Gasteiger charge is 2.14. The maximum absolute atomic E-state index is 12.1. The molecule has 0 aliphatic heterocycles. The third-order valence-electron chi connectivity index (χ3n) is 5.32. The number of methoxy groups -OCH3 is 1. The Bertz CT molecular complexity index is 1160. The Kier molecular flexibility index (Phi) is 5.89. The summed E-state index contributed by atoms with van der Waals surface area (Å²) in [6, 6.07) is 17.8. The van der Waals surface area contributed by atoms with Gasteiger partial charge in [0.25, 0.3) is 0 Å². The molecule has 0 amide bonds. The second-order valence-corrected chi connectivity index (χ2v) is 7.32. The van der Waals surface area contributed by atoms with Crippen molar-refractivity contribution in [2.75, 3.05) is 7.11 Å². The topological polar surface area (TPSA) is 57.0 Å². The molecule has 0 aliphatic carbocycles. The van der Waals surface area contributed by atoms with Gasteiger partial charge in [-0.15, -0.1) is 0 Å². The van der Waals surface area contributed by atoms with Gasteiger partial charge in [0, 0.05) is 19.2 Å². The summed E-state index contributed by atoms with van der Waals surface area (Å²) in [7, 11) is 1.41. The molecule has 5 heteroatoms. The van der Waals surface area contributed by atoms with Gasteiger partial charge in [-0.2, -0.15) is 0 Å². The highest BCUT2D eigenvalue weighted by atomic mass is 16.5. The molecule has 2 aromatic carbocycles. The number of aromatic nitrogens is 3. The average Bonchev–Trinajstić information content (AvgIpc) is 3.15. The molecule has 5 nitrogen and oxygen atoms in total. The number of nitrogens with zero attached hydrogens (tertiary/aromatic N) is 3. The molecule has 0 saturated carbocycles. The van der Waals surface area contributed by atoms with Crippen molar-refractivity contribution in [3.8, 4) is 11.1 Å². The summed E-state index contributed by atoms with van der Waals surface area (Å²) in [4.78, 5) is 21.2. The van der Waals surface area contributed by atoms with Crippen LogP contribution in [0.2, 0.25) is 0 Å². The second-order valence-electron chi connectivity index (χ2n) is 7.32. The summed E-state index contributed by atoms with van der Waals surface area (Å²) in [6.07, 6.45) is 6.88. The van der Waals surface area contributed by atoms with Gasteiger partial charge in [-0.25, -0.2) is 9.78 Å². The number of benzene rings is 2. The molecule has 0 radical (unpaired) electrons. The first kappa shape index (κ1) is 19.8. The fraction of sp³-hybridized carbons (Fsp3) is 0.240. The van der Waals surface area contributed by atoms with Crippen LogP contribution < -0.4 is 0 Å². The minimum atomic E-state index is -0.326. The van der Waals surface area contributed by atoms with Crippen molar-refractivity contribution in [2.45, 2.75) is 32.7 Å². The quantitative estimate of drug-likeness (QED) is 0.397. The van der Waals surface area contributed by atoms with Gasteiger partial charge < -0.3 is 9.30 Å². The standard InChI is InChI=1S/C25H25N3O2/c1-3-4-9-24-27-22-14-15-26-16-23(22)28(24)17-18-10-12-19(13-11-18)20-7-5-6-8-21(20)25(29)30-2/h5-8,10-16H,3-4,9,17H2,1-2H3. The van der Waals surface area contributed by atoms with E-state index in [4.69, 9.17) is 9.72 Å². The fourth-order valence-corrected chi connectivity index (χ4v) is 3.72. The van der Waals surface area contributed by atoms with E-state index in [1.165, 1.54) is 12.7 Å². The van der Waals surface area contributed by atoms with Crippen LogP contribution in [0.5, 0.6) is 0 Å². The summed E-state index contributed by atoms with van der Waals surface area (Å²) in [6.45, 7) is 2.93. The minimum Gasteiger partial charge on any atom is -0.465 e. The van der Waals surface area contributed by atoms with Crippen molar-refractivity contribution in [1.29, 1.82) is 0 Å². The lowest BCUT2D eigenvalue weighted by molar-refractivity contribution is 0.0601. The number of carbonyl (C=O) groups excluding carboxylic acids is 1. The molecule has 152 valence electrons. The second kappa shape index (κ2) is 8.91. The van der Waals surface area contributed by atoms with Crippen LogP contribution in [0.15, 0.2) is 67.0 Å². The molecule has 0 N–H and O–H groups in total. The predicted molar refractivity (Wildman–Crippen MR) is 118 cm³/mol. The normalized spacial score (nSPS) is 11.0. The molecule has 2 heterocycles. The summed E-state index contributed by atoms with van der Waals surface area (Å²) >= 11 is 0. The molecule has 30 heavy (non-hydrogen) atoms. The molecule has 4 aromatic rings. The predicted octanol–water partition coefficient (Wildman–Crippen LogP) is 5.28. The molecule has 0 atom stereocenters. The summed E-state index contributed by atoms with van der Waals surface area (Å²) in [5.74, 6) is 0.771. The van der Waals surface area contributed by atoms with Crippen molar-refractivity contribution in [2.24, 2.45) is 0 Å². The molecule has 4 rings (SSSR count). The van der Waals surface area contributed by atoms with Crippen molar-refractivity contribution in [1.82, 2.24) is 14.5 Å². The van der Waals surface area contributed by atoms with Crippen molar-refractivity contribution >= 4 is 17.0 Å². The van der Waals surface area contributed by atoms with E-state index < -0.39 is 0 Å². The number of aryl methyl sites for hydroxylation is 1. The maximum atomic E-state index is 12.1. The smallest absolute Gasteiger partial charge is 0.338 e. The van der Waals surface area contributed by atoms with Gasteiger partial charge in [-0.1, -0.05) is 55.8 Å². The summed E-state index contributed by atoms with van der Waals surface area (Å²) in [5, 5.41) is 0. The first-order valence-electron chi connectivity index (χ1n) is 10.3. The van der Waals surface area contributed by atoms with Gasteiger partial charge in [-0.3, -0.25) is 4.98 Å². The Morgan fingerprint density at radius 1 is 1.07 bits per heavy atom. The van der Waals surface area contributed by atoms with E-state index in [2.05, 4.69) is 40.7 Å². The van der Waals surface area contributed by atoms with Crippen LogP contribution in [0.1, 0.15) is 41.5 Å². The zero-order valence-corrected chi connectivity index (χ0v) is 17.3. The summed E-state index contributed by atoms with van der Waals surface area (Å²) in [5.41, 5.74) is 5.65. The number of imidazole rings is 1. The van der Waals surface area contributed by atoms with Crippen LogP contribution in [-0.2, 0) is 17.7 Å². The van der Waals surface area contributed by atoms with E-state index in [1.54, 1.807) is 12.3 Å². The Labute approximate surface area is 176 Å². The SMILES string of the molecule is CCCCc1nc2ccncc2n1Cc1ccc(-c2ccccc2C(=O)OC)cc1. The van der Waals surface area contributed by atoms with Gasteiger partial charge in [0.1, 0.15) is 5.82 Å². The largest absolute Gasteiger partial charge is 0.465 e. The third-order valence-corrected chi connectivity index (χ3v) is 5.32. The number of ether oxygens (including phenoxy) is 1. The molecule has 0 aliphatic rings. The lowest BCUT2D eigenvalue weighted by Gasteiger charge is -2.11. The highest BCUT2D eigenvalue weighted by molar-refractivity contribution is 5.97. The Hall–Kier alpha value is -3.47. The van der Waals surface area contributed by atoms with Gasteiger partial charge in [0.05, 0.1) is 29.9 Å². The maximum Gasteiger partial charge on any atom is 0.338 e. The molecule has 0 spiro atoms. The number of hydrogen-bond acceptors (Lipinski definition) is 4. The lowest BCUT2D eigenvalue weighted by Crippen LogP contribution is -2.06. The number of pyridine rings is 1. The molecular weight excluding hydrogens is 374 g/mol. The first-order valence-corrected chi connectivity index (χ1v) is 10.3. The Balaban J connectivity index is 1.65. The number of fused-ring (bicyclic) bond motifs is 1. The van der Waals surface area contributed by atoms with E-state index in [9.17, 15) is 4.79 Å². The van der Waals surface area contributed by atoms with Crippen LogP contribution in [-0.4, -0.2) is 27.6 Å². The molecule has 0 fully saturated rings. The van der Waals surface area contributed by atoms with Gasteiger partial charge in [-0.05, 0) is 35.2 Å². The van der Waals surface area contributed by atoms with Gasteiger partial charge in [0.15, 0.2) is 0 Å². The Morgan fingerprint density at radius 2 is 1.87 bits per heavy atom. The van der Waals surface area contributed by atoms with Crippen molar-refractivity contribution in [3.05, 3.63) is 83.9 Å². The van der Waals surface area contributed by atoms with E-state index in [0.29, 0.717) is 5.56 Å². The van der Waals surface area contributed by atoms with E-state index in [1.807, 2.05) is 30.5 Å². The monoisotopic (exact) mass is 399 g/mol. The molecule has 0 unspecified atom stereocenters. The third kappa shape index (κ3) is 3.96. The van der Waals surface area contributed by atoms with Gasteiger partial charge in [0.2, 0.25) is 0 Å². The molecule has 0 saturated heterocycles. The number of unbranched alkanes of at least 4 members (excludes halogenated alkanes) is 1. The number of hydrogen-bond donors (Lipinski definition) is 0. The molecule has 0 bridgehead atoms. The first-order chi connectivity index (χ1) is 14.7. The van der Waals surface area contributed by atoms with E-state index >= 15 is 0 Å². The number of rotatable bonds is 7.